The molecule has 0 unspecified atom stereocenters. The van der Waals surface area contributed by atoms with E-state index in [4.69, 9.17) is 11.6 Å². The molecule has 4 nitrogen and oxygen atoms in total. The molecule has 1 aliphatic rings. The summed E-state index contributed by atoms with van der Waals surface area (Å²) in [6.07, 6.45) is 0. The van der Waals surface area contributed by atoms with E-state index < -0.39 is 0 Å². The molecule has 1 N–H and O–H groups in total. The zero-order valence-electron chi connectivity index (χ0n) is 12.1. The summed E-state index contributed by atoms with van der Waals surface area (Å²) in [7, 11) is 0. The van der Waals surface area contributed by atoms with Gasteiger partial charge in [0.15, 0.2) is 0 Å². The predicted octanol–water partition coefficient (Wildman–Crippen LogP) is 3.01. The topological polar surface area (TPSA) is 43.8 Å². The first-order chi connectivity index (χ1) is 10.6. The number of phenolic OH excluding ortho intramolecular Hbond substituents is 1. The maximum absolute atomic E-state index is 12.5. The van der Waals surface area contributed by atoms with Gasteiger partial charge in [-0.15, -0.1) is 0 Å². The van der Waals surface area contributed by atoms with E-state index in [1.54, 1.807) is 36.4 Å². The number of phenols is 1. The molecular weight excluding hydrogens is 300 g/mol. The fraction of sp³-hybridized carbons (Fsp3) is 0.235. The normalized spacial score (nSPS) is 15.0. The van der Waals surface area contributed by atoms with Crippen molar-refractivity contribution in [3.63, 3.8) is 0 Å². The lowest BCUT2D eigenvalue weighted by molar-refractivity contribution is 0.0746. The molecule has 0 bridgehead atoms. The summed E-state index contributed by atoms with van der Waals surface area (Å²) in [6.45, 7) is 2.65. The van der Waals surface area contributed by atoms with E-state index in [9.17, 15) is 9.90 Å². The number of piperazine rings is 1. The van der Waals surface area contributed by atoms with Crippen molar-refractivity contribution in [1.29, 1.82) is 0 Å². The zero-order chi connectivity index (χ0) is 15.5. The Balaban J connectivity index is 1.67. The van der Waals surface area contributed by atoms with Crippen LogP contribution in [0.5, 0.6) is 5.75 Å². The average Bonchev–Trinajstić information content (AvgIpc) is 2.55. The molecule has 114 valence electrons. The van der Waals surface area contributed by atoms with E-state index in [0.717, 1.165) is 5.69 Å². The van der Waals surface area contributed by atoms with Gasteiger partial charge < -0.3 is 14.9 Å². The summed E-state index contributed by atoms with van der Waals surface area (Å²) < 4.78 is 0. The number of halogens is 1. The van der Waals surface area contributed by atoms with Crippen molar-refractivity contribution in [1.82, 2.24) is 4.90 Å². The third-order valence-electron chi connectivity index (χ3n) is 3.86. The van der Waals surface area contributed by atoms with Gasteiger partial charge in [-0.05, 0) is 30.3 Å². The lowest BCUT2D eigenvalue weighted by Crippen LogP contribution is -2.48. The van der Waals surface area contributed by atoms with E-state index in [1.165, 1.54) is 0 Å². The Morgan fingerprint density at radius 2 is 1.73 bits per heavy atom. The Morgan fingerprint density at radius 1 is 1.00 bits per heavy atom. The van der Waals surface area contributed by atoms with Crippen LogP contribution in [-0.4, -0.2) is 42.1 Å². The van der Waals surface area contributed by atoms with Crippen LogP contribution in [0.25, 0.3) is 0 Å². The van der Waals surface area contributed by atoms with Crippen LogP contribution in [0.15, 0.2) is 48.5 Å². The predicted molar refractivity (Wildman–Crippen MR) is 87.7 cm³/mol. The van der Waals surface area contributed by atoms with Gasteiger partial charge in [0.1, 0.15) is 5.75 Å². The fourth-order valence-corrected chi connectivity index (χ4v) is 2.88. The van der Waals surface area contributed by atoms with Gasteiger partial charge in [0.25, 0.3) is 5.91 Å². The van der Waals surface area contributed by atoms with Gasteiger partial charge in [-0.2, -0.15) is 0 Å². The van der Waals surface area contributed by atoms with Crippen molar-refractivity contribution in [3.05, 3.63) is 59.1 Å². The number of amides is 1. The minimum absolute atomic E-state index is 0.000524. The van der Waals surface area contributed by atoms with Crippen molar-refractivity contribution in [2.24, 2.45) is 0 Å². The highest BCUT2D eigenvalue weighted by atomic mass is 35.5. The highest BCUT2D eigenvalue weighted by Crippen LogP contribution is 2.27. The standard InChI is InChI=1S/C17H17ClN2O2/c18-14-5-3-4-13(12-14)17(22)20-10-8-19(9-11-20)15-6-1-2-7-16(15)21/h1-7,12,21H,8-11H2. The molecule has 0 radical (unpaired) electrons. The number of benzene rings is 2. The molecule has 1 aliphatic heterocycles. The summed E-state index contributed by atoms with van der Waals surface area (Å²) in [6, 6.07) is 14.3. The molecule has 1 heterocycles. The number of rotatable bonds is 2. The molecule has 1 amide bonds. The van der Waals surface area contributed by atoms with E-state index in [0.29, 0.717) is 36.8 Å². The molecular formula is C17H17ClN2O2. The number of hydrogen-bond donors (Lipinski definition) is 1. The Hall–Kier alpha value is -2.20. The summed E-state index contributed by atoms with van der Waals surface area (Å²) in [5.41, 5.74) is 1.43. The Labute approximate surface area is 134 Å². The van der Waals surface area contributed by atoms with Crippen molar-refractivity contribution in [3.8, 4) is 5.75 Å². The van der Waals surface area contributed by atoms with Crippen LogP contribution in [0.3, 0.4) is 0 Å². The first-order valence-corrected chi connectivity index (χ1v) is 7.61. The Kier molecular flexibility index (Phi) is 4.20. The molecule has 2 aromatic carbocycles. The van der Waals surface area contributed by atoms with E-state index in [2.05, 4.69) is 4.90 Å². The van der Waals surface area contributed by atoms with Gasteiger partial charge in [0, 0.05) is 36.8 Å². The number of nitrogens with zero attached hydrogens (tertiary/aromatic N) is 2. The Bertz CT molecular complexity index is 682. The number of aromatic hydroxyl groups is 1. The molecule has 5 heteroatoms. The zero-order valence-corrected chi connectivity index (χ0v) is 12.8. The van der Waals surface area contributed by atoms with Crippen molar-refractivity contribution >= 4 is 23.2 Å². The minimum Gasteiger partial charge on any atom is -0.506 e. The third kappa shape index (κ3) is 3.02. The summed E-state index contributed by atoms with van der Waals surface area (Å²) in [5, 5.41) is 10.5. The molecule has 3 rings (SSSR count). The lowest BCUT2D eigenvalue weighted by Gasteiger charge is -2.36. The Morgan fingerprint density at radius 3 is 2.41 bits per heavy atom. The molecule has 2 aromatic rings. The molecule has 1 saturated heterocycles. The molecule has 0 saturated carbocycles. The summed E-state index contributed by atoms with van der Waals surface area (Å²) in [5.74, 6) is 0.275. The maximum Gasteiger partial charge on any atom is 0.254 e. The maximum atomic E-state index is 12.5. The first-order valence-electron chi connectivity index (χ1n) is 7.23. The van der Waals surface area contributed by atoms with Crippen LogP contribution in [0, 0.1) is 0 Å². The monoisotopic (exact) mass is 316 g/mol. The van der Waals surface area contributed by atoms with Crippen molar-refractivity contribution in [2.75, 3.05) is 31.1 Å². The second-order valence-corrected chi connectivity index (χ2v) is 5.71. The second-order valence-electron chi connectivity index (χ2n) is 5.28. The molecule has 0 spiro atoms. The number of anilines is 1. The molecule has 0 atom stereocenters. The van der Waals surface area contributed by atoms with Gasteiger partial charge in [-0.25, -0.2) is 0 Å². The van der Waals surface area contributed by atoms with Gasteiger partial charge in [-0.3, -0.25) is 4.79 Å². The van der Waals surface area contributed by atoms with Gasteiger partial charge in [0.2, 0.25) is 0 Å². The van der Waals surface area contributed by atoms with E-state index >= 15 is 0 Å². The SMILES string of the molecule is O=C(c1cccc(Cl)c1)N1CCN(c2ccccc2O)CC1. The second kappa shape index (κ2) is 6.28. The quantitative estimate of drug-likeness (QED) is 0.926. The summed E-state index contributed by atoms with van der Waals surface area (Å²) >= 11 is 5.94. The first kappa shape index (κ1) is 14.7. The number of carbonyl (C=O) groups is 1. The fourth-order valence-electron chi connectivity index (χ4n) is 2.69. The molecule has 22 heavy (non-hydrogen) atoms. The lowest BCUT2D eigenvalue weighted by atomic mass is 10.1. The van der Waals surface area contributed by atoms with Crippen LogP contribution in [-0.2, 0) is 0 Å². The smallest absolute Gasteiger partial charge is 0.254 e. The molecule has 0 aliphatic carbocycles. The number of hydrogen-bond acceptors (Lipinski definition) is 3. The average molecular weight is 317 g/mol. The van der Waals surface area contributed by atoms with Crippen molar-refractivity contribution in [2.45, 2.75) is 0 Å². The van der Waals surface area contributed by atoms with E-state index in [-0.39, 0.29) is 11.7 Å². The van der Waals surface area contributed by atoms with Gasteiger partial charge in [0.05, 0.1) is 5.69 Å². The van der Waals surface area contributed by atoms with Crippen LogP contribution >= 0.6 is 11.6 Å². The summed E-state index contributed by atoms with van der Waals surface area (Å²) in [4.78, 5) is 16.4. The largest absolute Gasteiger partial charge is 0.506 e. The third-order valence-corrected chi connectivity index (χ3v) is 4.10. The highest BCUT2D eigenvalue weighted by Gasteiger charge is 2.23. The molecule has 0 aromatic heterocycles. The number of para-hydroxylation sites is 2. The van der Waals surface area contributed by atoms with Crippen LogP contribution in [0.4, 0.5) is 5.69 Å². The van der Waals surface area contributed by atoms with Crippen LogP contribution < -0.4 is 4.90 Å². The van der Waals surface area contributed by atoms with E-state index in [1.807, 2.05) is 17.0 Å². The highest BCUT2D eigenvalue weighted by molar-refractivity contribution is 6.30. The van der Waals surface area contributed by atoms with Crippen LogP contribution in [0.1, 0.15) is 10.4 Å². The van der Waals surface area contributed by atoms with Crippen LogP contribution in [0.2, 0.25) is 5.02 Å². The van der Waals surface area contributed by atoms with Gasteiger partial charge in [-0.1, -0.05) is 29.8 Å². The number of carbonyl (C=O) groups excluding carboxylic acids is 1. The van der Waals surface area contributed by atoms with Crippen molar-refractivity contribution < 1.29 is 9.90 Å². The van der Waals surface area contributed by atoms with Gasteiger partial charge >= 0.3 is 0 Å². The minimum atomic E-state index is -0.000524. The molecule has 1 fully saturated rings.